The molecule has 10 atom stereocenters. The smallest absolute Gasteiger partial charge is 0.207 e. The van der Waals surface area contributed by atoms with Crippen molar-refractivity contribution < 1.29 is 9.80 Å². The number of fused-ring (bicyclic) bond motifs is 5. The van der Waals surface area contributed by atoms with Crippen molar-refractivity contribution in [3.05, 3.63) is 5.21 Å². The zero-order valence-corrected chi connectivity index (χ0v) is 25.3. The van der Waals surface area contributed by atoms with Crippen LogP contribution >= 0.6 is 0 Å². The summed E-state index contributed by atoms with van der Waals surface area (Å²) in [5.41, 5.74) is -0.0578. The van der Waals surface area contributed by atoms with E-state index in [1.165, 1.54) is 64.2 Å². The van der Waals surface area contributed by atoms with Crippen molar-refractivity contribution in [2.45, 2.75) is 144 Å². The Morgan fingerprint density at radius 1 is 0.806 bits per heavy atom. The lowest BCUT2D eigenvalue weighted by molar-refractivity contribution is -0.962. The van der Waals surface area contributed by atoms with Crippen molar-refractivity contribution in [2.75, 3.05) is 6.61 Å². The number of quaternary nitrogens is 1. The lowest BCUT2D eigenvalue weighted by atomic mass is 9.40. The van der Waals surface area contributed by atoms with Gasteiger partial charge in [-0.05, 0) is 111 Å². The first-order valence-corrected chi connectivity index (χ1v) is 15.9. The van der Waals surface area contributed by atoms with E-state index in [9.17, 15) is 5.21 Å². The lowest BCUT2D eigenvalue weighted by Crippen LogP contribution is -3.22. The minimum Gasteiger partial charge on any atom is -0.632 e. The van der Waals surface area contributed by atoms with Crippen LogP contribution in [0.3, 0.4) is 0 Å². The van der Waals surface area contributed by atoms with Crippen molar-refractivity contribution in [2.24, 2.45) is 57.7 Å². The molecule has 0 aromatic rings. The number of hydrogen-bond donors (Lipinski definition) is 1. The molecule has 0 radical (unpaired) electrons. The highest BCUT2D eigenvalue weighted by molar-refractivity contribution is 5.14. The quantitative estimate of drug-likeness (QED) is 0.393. The fourth-order valence-corrected chi connectivity index (χ4v) is 11.7. The van der Waals surface area contributed by atoms with E-state index in [2.05, 4.69) is 62.3 Å². The number of nitrogens with one attached hydrogen (secondary N) is 1. The maximum absolute atomic E-state index is 13.8. The standard InChI is InChI=1S/C33H59NO2/c1-22(2)11-10-12-23(3)25-14-15-26-24-13-16-28-30(6,7)33(34(35)29(4,5)21-36-33)20-19-32(28,9)27(24)17-18-31(25,26)8/h22-28,34H,10-21H2,1-9H3/t23-,24+,25-,26+,27+,28+,31-,32-,33?/m1/s1. The Morgan fingerprint density at radius 3 is 2.14 bits per heavy atom. The maximum Gasteiger partial charge on any atom is 0.207 e. The fraction of sp³-hybridized carbons (Fsp3) is 1.00. The molecule has 0 aromatic heterocycles. The minimum absolute atomic E-state index is 0.0836. The molecule has 4 aliphatic carbocycles. The highest BCUT2D eigenvalue weighted by atomic mass is 16.6. The molecular formula is C33H59NO2. The summed E-state index contributed by atoms with van der Waals surface area (Å²) in [5, 5.41) is 14.2. The summed E-state index contributed by atoms with van der Waals surface area (Å²) in [4.78, 5) is 0. The second-order valence-electron chi connectivity index (χ2n) is 16.6. The molecule has 5 aliphatic rings. The minimum atomic E-state index is -0.555. The Bertz CT molecular complexity index is 821. The second-order valence-corrected chi connectivity index (χ2v) is 16.6. The Balaban J connectivity index is 1.35. The molecule has 208 valence electrons. The molecule has 0 bridgehead atoms. The first-order chi connectivity index (χ1) is 16.7. The third kappa shape index (κ3) is 3.75. The van der Waals surface area contributed by atoms with E-state index < -0.39 is 5.72 Å². The fourth-order valence-electron chi connectivity index (χ4n) is 11.7. The molecule has 5 fully saturated rings. The van der Waals surface area contributed by atoms with Crippen LogP contribution < -0.4 is 5.06 Å². The van der Waals surface area contributed by atoms with Gasteiger partial charge in [-0.15, -0.1) is 0 Å². The summed E-state index contributed by atoms with van der Waals surface area (Å²) in [6.07, 6.45) is 14.8. The van der Waals surface area contributed by atoms with Gasteiger partial charge in [0, 0.05) is 11.8 Å². The van der Waals surface area contributed by atoms with Crippen molar-refractivity contribution in [1.29, 1.82) is 0 Å². The van der Waals surface area contributed by atoms with E-state index in [-0.39, 0.29) is 11.0 Å². The molecule has 3 heteroatoms. The topological polar surface area (TPSA) is 36.7 Å². The predicted octanol–water partition coefficient (Wildman–Crippen LogP) is 7.63. The number of rotatable bonds is 5. The molecule has 1 heterocycles. The van der Waals surface area contributed by atoms with Crippen molar-refractivity contribution in [3.63, 3.8) is 0 Å². The molecule has 1 spiro atoms. The first-order valence-electron chi connectivity index (χ1n) is 15.9. The Morgan fingerprint density at radius 2 is 1.50 bits per heavy atom. The maximum atomic E-state index is 13.8. The van der Waals surface area contributed by atoms with Crippen molar-refractivity contribution in [3.8, 4) is 0 Å². The summed E-state index contributed by atoms with van der Waals surface area (Å²) in [6.45, 7) is 22.3. The third-order valence-electron chi connectivity index (χ3n) is 13.7. The lowest BCUT2D eigenvalue weighted by Gasteiger charge is -2.67. The molecule has 4 saturated carbocycles. The van der Waals surface area contributed by atoms with Crippen LogP contribution in [0.25, 0.3) is 0 Å². The molecule has 3 nitrogen and oxygen atoms in total. The molecule has 1 N–H and O–H groups in total. The van der Waals surface area contributed by atoms with E-state index in [1.54, 1.807) is 0 Å². The first kappa shape index (κ1) is 27.4. The van der Waals surface area contributed by atoms with Crippen molar-refractivity contribution in [1.82, 2.24) is 0 Å². The van der Waals surface area contributed by atoms with Gasteiger partial charge < -0.3 is 15.0 Å². The van der Waals surface area contributed by atoms with Gasteiger partial charge in [-0.25, -0.2) is 0 Å². The van der Waals surface area contributed by atoms with Gasteiger partial charge in [-0.1, -0.05) is 67.7 Å². The molecule has 0 amide bonds. The van der Waals surface area contributed by atoms with Crippen molar-refractivity contribution >= 4 is 0 Å². The number of ether oxygens (including phenoxy) is 1. The Kier molecular flexibility index (Phi) is 6.82. The highest BCUT2D eigenvalue weighted by Crippen LogP contribution is 2.71. The summed E-state index contributed by atoms with van der Waals surface area (Å²) in [7, 11) is 0. The average molecular weight is 502 g/mol. The van der Waals surface area contributed by atoms with Crippen LogP contribution in [0.5, 0.6) is 0 Å². The van der Waals surface area contributed by atoms with Gasteiger partial charge in [0.2, 0.25) is 5.72 Å². The van der Waals surface area contributed by atoms with Crippen LogP contribution in [0.1, 0.15) is 133 Å². The molecule has 1 aliphatic heterocycles. The van der Waals surface area contributed by atoms with Crippen LogP contribution in [0.2, 0.25) is 0 Å². The van der Waals surface area contributed by atoms with Gasteiger partial charge in [-0.2, -0.15) is 0 Å². The van der Waals surface area contributed by atoms with Gasteiger partial charge >= 0.3 is 0 Å². The number of hydrogen-bond acceptors (Lipinski definition) is 2. The summed E-state index contributed by atoms with van der Waals surface area (Å²) >= 11 is 0. The summed E-state index contributed by atoms with van der Waals surface area (Å²) in [6, 6.07) is 0. The summed E-state index contributed by atoms with van der Waals surface area (Å²) in [5.74, 6) is 5.90. The Labute approximate surface area is 223 Å². The Hall–Kier alpha value is -0.120. The van der Waals surface area contributed by atoms with Crippen LogP contribution in [0, 0.1) is 62.9 Å². The van der Waals surface area contributed by atoms with Gasteiger partial charge in [-0.3, -0.25) is 0 Å². The van der Waals surface area contributed by atoms with E-state index in [1.807, 2.05) is 0 Å². The predicted molar refractivity (Wildman–Crippen MR) is 149 cm³/mol. The SMILES string of the molecule is CC(C)CCC[C@@H](C)[C@H]1CC[C@H]2[C@@H]3CC[C@H]4C(C)(C)C5(CC[C@]4(C)[C@H]3CC[C@]12C)OCC(C)(C)[NH+]5[O-]. The average Bonchev–Trinajstić information content (AvgIpc) is 3.26. The second kappa shape index (κ2) is 8.95. The van der Waals surface area contributed by atoms with Crippen LogP contribution in [0.15, 0.2) is 0 Å². The zero-order valence-electron chi connectivity index (χ0n) is 25.3. The zero-order chi connectivity index (χ0) is 26.3. The summed E-state index contributed by atoms with van der Waals surface area (Å²) < 4.78 is 6.58. The van der Waals surface area contributed by atoms with Gasteiger partial charge in [0.15, 0.2) is 0 Å². The molecule has 5 rings (SSSR count). The molecular weight excluding hydrogens is 442 g/mol. The third-order valence-corrected chi connectivity index (χ3v) is 13.7. The number of hydroxylamine groups is 2. The normalized spacial score (nSPS) is 50.1. The van der Waals surface area contributed by atoms with Crippen LogP contribution in [-0.2, 0) is 4.74 Å². The van der Waals surface area contributed by atoms with E-state index in [4.69, 9.17) is 4.74 Å². The van der Waals surface area contributed by atoms with E-state index in [0.29, 0.717) is 28.4 Å². The highest BCUT2D eigenvalue weighted by Gasteiger charge is 2.71. The van der Waals surface area contributed by atoms with E-state index >= 15 is 0 Å². The monoisotopic (exact) mass is 501 g/mol. The molecule has 0 aromatic carbocycles. The van der Waals surface area contributed by atoms with E-state index in [0.717, 1.165) is 41.9 Å². The molecule has 2 unspecified atom stereocenters. The molecule has 1 saturated heterocycles. The van der Waals surface area contributed by atoms with Crippen LogP contribution in [0.4, 0.5) is 0 Å². The van der Waals surface area contributed by atoms with Crippen LogP contribution in [-0.4, -0.2) is 17.9 Å². The largest absolute Gasteiger partial charge is 0.632 e. The molecule has 36 heavy (non-hydrogen) atoms. The van der Waals surface area contributed by atoms with Gasteiger partial charge in [0.1, 0.15) is 12.1 Å². The van der Waals surface area contributed by atoms with Gasteiger partial charge in [0.05, 0.1) is 0 Å². The van der Waals surface area contributed by atoms with Gasteiger partial charge in [0.25, 0.3) is 0 Å².